The smallest absolute Gasteiger partial charge is 0.0761 e. The highest BCUT2D eigenvalue weighted by Crippen LogP contribution is 2.24. The van der Waals surface area contributed by atoms with E-state index in [1.807, 2.05) is 16.8 Å². The summed E-state index contributed by atoms with van der Waals surface area (Å²) in [7, 11) is 2.22. The Labute approximate surface area is 120 Å². The Kier molecular flexibility index (Phi) is 4.03. The Bertz CT molecular complexity index is 572. The van der Waals surface area contributed by atoms with Gasteiger partial charge in [-0.15, -0.1) is 0 Å². The van der Waals surface area contributed by atoms with Crippen molar-refractivity contribution in [3.63, 3.8) is 0 Å². The second-order valence-corrected chi connectivity index (χ2v) is 5.86. The molecule has 0 saturated heterocycles. The third-order valence-electron chi connectivity index (χ3n) is 4.49. The molecule has 0 atom stereocenters. The second-order valence-electron chi connectivity index (χ2n) is 5.86. The molecule has 4 heteroatoms. The monoisotopic (exact) mass is 273 g/mol. The number of aliphatic hydroxyl groups is 1. The average Bonchev–Trinajstić information content (AvgIpc) is 2.92. The molecule has 1 fully saturated rings. The van der Waals surface area contributed by atoms with Gasteiger partial charge in [-0.3, -0.25) is 4.90 Å². The number of fused-ring (bicyclic) bond motifs is 1. The zero-order valence-corrected chi connectivity index (χ0v) is 12.1. The number of rotatable bonds is 4. The first-order valence-electron chi connectivity index (χ1n) is 7.55. The maximum Gasteiger partial charge on any atom is 0.0761 e. The number of aromatic nitrogens is 2. The molecule has 3 rings (SSSR count). The van der Waals surface area contributed by atoms with Crippen LogP contribution in [0.15, 0.2) is 24.5 Å². The van der Waals surface area contributed by atoms with Gasteiger partial charge in [0.1, 0.15) is 0 Å². The Morgan fingerprint density at radius 3 is 2.85 bits per heavy atom. The molecule has 2 aromatic heterocycles. The van der Waals surface area contributed by atoms with Crippen molar-refractivity contribution >= 4 is 5.52 Å². The number of pyridine rings is 1. The van der Waals surface area contributed by atoms with Crippen molar-refractivity contribution in [1.82, 2.24) is 14.5 Å². The van der Waals surface area contributed by atoms with E-state index in [1.165, 1.54) is 37.7 Å². The van der Waals surface area contributed by atoms with Gasteiger partial charge in [0.2, 0.25) is 0 Å². The summed E-state index contributed by atoms with van der Waals surface area (Å²) in [5.41, 5.74) is 3.23. The van der Waals surface area contributed by atoms with Crippen molar-refractivity contribution in [1.29, 1.82) is 0 Å². The zero-order valence-electron chi connectivity index (χ0n) is 12.1. The van der Waals surface area contributed by atoms with Crippen LogP contribution in [-0.4, -0.2) is 32.7 Å². The molecule has 0 bridgehead atoms. The van der Waals surface area contributed by atoms with Crippen LogP contribution in [0, 0.1) is 0 Å². The van der Waals surface area contributed by atoms with E-state index < -0.39 is 0 Å². The van der Waals surface area contributed by atoms with Crippen molar-refractivity contribution in [2.75, 3.05) is 7.05 Å². The fourth-order valence-electron chi connectivity index (χ4n) is 3.35. The van der Waals surface area contributed by atoms with Crippen LogP contribution in [0.3, 0.4) is 0 Å². The molecule has 1 N–H and O–H groups in total. The van der Waals surface area contributed by atoms with Crippen LogP contribution >= 0.6 is 0 Å². The highest BCUT2D eigenvalue weighted by molar-refractivity contribution is 5.60. The molecule has 0 aliphatic heterocycles. The molecule has 0 spiro atoms. The topological polar surface area (TPSA) is 40.8 Å². The summed E-state index contributed by atoms with van der Waals surface area (Å²) in [5, 5.41) is 13.8. The van der Waals surface area contributed by atoms with E-state index in [4.69, 9.17) is 0 Å². The van der Waals surface area contributed by atoms with Gasteiger partial charge in [0.15, 0.2) is 0 Å². The lowest BCUT2D eigenvalue weighted by atomic mass is 9.94. The molecule has 1 saturated carbocycles. The summed E-state index contributed by atoms with van der Waals surface area (Å²) in [6.45, 7) is 0.974. The quantitative estimate of drug-likeness (QED) is 0.931. The summed E-state index contributed by atoms with van der Waals surface area (Å²) in [4.78, 5) is 2.46. The SMILES string of the molecule is CN(Cc1cccn2ncc(CO)c12)C1CCCCC1. The normalized spacial score (nSPS) is 17.1. The maximum absolute atomic E-state index is 9.46. The van der Waals surface area contributed by atoms with E-state index in [-0.39, 0.29) is 6.61 Å². The number of hydrogen-bond acceptors (Lipinski definition) is 3. The lowest BCUT2D eigenvalue weighted by Gasteiger charge is -2.31. The van der Waals surface area contributed by atoms with Crippen molar-refractivity contribution in [3.8, 4) is 0 Å². The maximum atomic E-state index is 9.46. The van der Waals surface area contributed by atoms with Crippen molar-refractivity contribution in [2.45, 2.75) is 51.3 Å². The van der Waals surface area contributed by atoms with E-state index in [2.05, 4.69) is 23.1 Å². The third kappa shape index (κ3) is 2.58. The van der Waals surface area contributed by atoms with E-state index in [1.54, 1.807) is 6.20 Å². The van der Waals surface area contributed by atoms with Gasteiger partial charge in [-0.2, -0.15) is 5.10 Å². The van der Waals surface area contributed by atoms with E-state index in [9.17, 15) is 5.11 Å². The van der Waals surface area contributed by atoms with Gasteiger partial charge in [-0.1, -0.05) is 25.3 Å². The summed E-state index contributed by atoms with van der Waals surface area (Å²) in [6, 6.07) is 4.88. The van der Waals surface area contributed by atoms with Gasteiger partial charge in [-0.05, 0) is 31.5 Å². The molecule has 2 heterocycles. The van der Waals surface area contributed by atoms with Gasteiger partial charge in [-0.25, -0.2) is 4.52 Å². The highest BCUT2D eigenvalue weighted by Gasteiger charge is 2.19. The Balaban J connectivity index is 1.84. The summed E-state index contributed by atoms with van der Waals surface area (Å²) in [6.07, 6.45) is 10.4. The Hall–Kier alpha value is -1.39. The predicted octanol–water partition coefficient (Wildman–Crippen LogP) is 2.59. The first-order valence-corrected chi connectivity index (χ1v) is 7.55. The van der Waals surface area contributed by atoms with Gasteiger partial charge < -0.3 is 5.11 Å². The lowest BCUT2D eigenvalue weighted by molar-refractivity contribution is 0.185. The molecule has 0 radical (unpaired) electrons. The summed E-state index contributed by atoms with van der Waals surface area (Å²) < 4.78 is 1.87. The molecule has 0 amide bonds. The minimum Gasteiger partial charge on any atom is -0.392 e. The van der Waals surface area contributed by atoms with Gasteiger partial charge in [0.05, 0.1) is 18.3 Å². The zero-order chi connectivity index (χ0) is 13.9. The van der Waals surface area contributed by atoms with E-state index in [0.29, 0.717) is 6.04 Å². The first kappa shape index (κ1) is 13.6. The second kappa shape index (κ2) is 5.94. The molecular weight excluding hydrogens is 250 g/mol. The van der Waals surface area contributed by atoms with Crippen LogP contribution in [0.2, 0.25) is 0 Å². The van der Waals surface area contributed by atoms with Crippen LogP contribution in [0.5, 0.6) is 0 Å². The molecule has 20 heavy (non-hydrogen) atoms. The molecule has 108 valence electrons. The molecular formula is C16H23N3O. The standard InChI is InChI=1S/C16H23N3O/c1-18(15-7-3-2-4-8-15)11-13-6-5-9-19-16(13)14(12-20)10-17-19/h5-6,9-10,15,20H,2-4,7-8,11-12H2,1H3. The van der Waals surface area contributed by atoms with Gasteiger partial charge in [0, 0.05) is 24.3 Å². The fourth-order valence-corrected chi connectivity index (χ4v) is 3.35. The van der Waals surface area contributed by atoms with Crippen molar-refractivity contribution in [2.24, 2.45) is 0 Å². The molecule has 0 aromatic carbocycles. The van der Waals surface area contributed by atoms with Crippen LogP contribution in [0.25, 0.3) is 5.52 Å². The fraction of sp³-hybridized carbons (Fsp3) is 0.562. The van der Waals surface area contributed by atoms with Crippen LogP contribution < -0.4 is 0 Å². The minimum absolute atomic E-state index is 0.0493. The molecule has 4 nitrogen and oxygen atoms in total. The largest absolute Gasteiger partial charge is 0.392 e. The number of aliphatic hydroxyl groups excluding tert-OH is 1. The van der Waals surface area contributed by atoms with Crippen LogP contribution in [0.1, 0.15) is 43.2 Å². The van der Waals surface area contributed by atoms with Crippen molar-refractivity contribution in [3.05, 3.63) is 35.7 Å². The molecule has 2 aromatic rings. The summed E-state index contributed by atoms with van der Waals surface area (Å²) in [5.74, 6) is 0. The Morgan fingerprint density at radius 2 is 2.10 bits per heavy atom. The Morgan fingerprint density at radius 1 is 1.30 bits per heavy atom. The van der Waals surface area contributed by atoms with Gasteiger partial charge in [0.25, 0.3) is 0 Å². The number of hydrogen-bond donors (Lipinski definition) is 1. The van der Waals surface area contributed by atoms with E-state index in [0.717, 1.165) is 17.6 Å². The molecule has 0 unspecified atom stereocenters. The third-order valence-corrected chi connectivity index (χ3v) is 4.49. The average molecular weight is 273 g/mol. The highest BCUT2D eigenvalue weighted by atomic mass is 16.3. The molecule has 1 aliphatic rings. The first-order chi connectivity index (χ1) is 9.79. The minimum atomic E-state index is 0.0493. The summed E-state index contributed by atoms with van der Waals surface area (Å²) >= 11 is 0. The van der Waals surface area contributed by atoms with Gasteiger partial charge >= 0.3 is 0 Å². The predicted molar refractivity (Wildman–Crippen MR) is 79.5 cm³/mol. The lowest BCUT2D eigenvalue weighted by Crippen LogP contribution is -2.33. The van der Waals surface area contributed by atoms with Crippen LogP contribution in [0.4, 0.5) is 0 Å². The molecule has 1 aliphatic carbocycles. The number of nitrogens with zero attached hydrogens (tertiary/aromatic N) is 3. The van der Waals surface area contributed by atoms with Crippen LogP contribution in [-0.2, 0) is 13.2 Å². The van der Waals surface area contributed by atoms with E-state index >= 15 is 0 Å². The van der Waals surface area contributed by atoms with Crippen molar-refractivity contribution < 1.29 is 5.11 Å².